The Morgan fingerprint density at radius 2 is 1.81 bits per heavy atom. The first-order chi connectivity index (χ1) is 13.1. The van der Waals surface area contributed by atoms with Crippen LogP contribution in [0.25, 0.3) is 6.08 Å². The second-order valence-corrected chi connectivity index (χ2v) is 7.54. The van der Waals surface area contributed by atoms with Gasteiger partial charge in [-0.05, 0) is 67.9 Å². The number of thioether (sulfide) groups is 1. The molecular formula is C22H24N2O2S. The predicted octanol–water partition coefficient (Wildman–Crippen LogP) is 5.49. The number of benzene rings is 2. The van der Waals surface area contributed by atoms with E-state index in [1.165, 1.54) is 11.8 Å². The maximum Gasteiger partial charge on any atom is 0.266 e. The fraction of sp³-hybridized carbons (Fsp3) is 0.273. The Morgan fingerprint density at radius 1 is 1.11 bits per heavy atom. The number of amidine groups is 1. The van der Waals surface area contributed by atoms with Crippen LogP contribution in [-0.4, -0.2) is 28.6 Å². The largest absolute Gasteiger partial charge is 0.494 e. The van der Waals surface area contributed by atoms with Gasteiger partial charge in [-0.2, -0.15) is 0 Å². The summed E-state index contributed by atoms with van der Waals surface area (Å²) in [6.07, 6.45) is 2.89. The van der Waals surface area contributed by atoms with E-state index in [0.29, 0.717) is 11.5 Å². The summed E-state index contributed by atoms with van der Waals surface area (Å²) in [5.74, 6) is 0.843. The summed E-state index contributed by atoms with van der Waals surface area (Å²) in [7, 11) is 0. The maximum absolute atomic E-state index is 12.9. The number of carbonyl (C=O) groups excluding carboxylic acids is 1. The van der Waals surface area contributed by atoms with Crippen molar-refractivity contribution in [2.24, 2.45) is 4.99 Å². The standard InChI is InChI=1S/C22H24N2O2S/c1-4-14-26-19-12-10-17(11-13-19)15-20-21(25)24(16(2)3)22(27-20)23-18-8-6-5-7-9-18/h5-13,15-16H,4,14H2,1-3H3/b20-15+,23-22?. The molecule has 1 aliphatic heterocycles. The Balaban J connectivity index is 1.85. The SMILES string of the molecule is CCCOc1ccc(/C=C2/SC(=Nc3ccccc3)N(C(C)C)C2=O)cc1. The lowest BCUT2D eigenvalue weighted by Crippen LogP contribution is -2.35. The minimum atomic E-state index is -0.00371. The zero-order valence-corrected chi connectivity index (χ0v) is 16.7. The second kappa shape index (κ2) is 8.91. The second-order valence-electron chi connectivity index (χ2n) is 6.53. The molecule has 1 heterocycles. The van der Waals surface area contributed by atoms with Crippen LogP contribution >= 0.6 is 11.8 Å². The Hall–Kier alpha value is -2.53. The van der Waals surface area contributed by atoms with Gasteiger partial charge in [0.15, 0.2) is 5.17 Å². The molecule has 0 atom stereocenters. The molecule has 2 aromatic carbocycles. The minimum absolute atomic E-state index is 0.00371. The molecule has 0 aliphatic carbocycles. The van der Waals surface area contributed by atoms with Gasteiger partial charge in [-0.25, -0.2) is 4.99 Å². The molecule has 27 heavy (non-hydrogen) atoms. The number of para-hydroxylation sites is 1. The van der Waals surface area contributed by atoms with Crippen molar-refractivity contribution in [1.82, 2.24) is 4.90 Å². The van der Waals surface area contributed by atoms with E-state index in [9.17, 15) is 4.79 Å². The van der Waals surface area contributed by atoms with Crippen molar-refractivity contribution in [3.63, 3.8) is 0 Å². The van der Waals surface area contributed by atoms with E-state index in [0.717, 1.165) is 28.6 Å². The van der Waals surface area contributed by atoms with Crippen molar-refractivity contribution in [3.05, 3.63) is 65.1 Å². The molecule has 4 nitrogen and oxygen atoms in total. The first kappa shape index (κ1) is 19.2. The van der Waals surface area contributed by atoms with Crippen LogP contribution in [0.15, 0.2) is 64.5 Å². The van der Waals surface area contributed by atoms with Crippen LogP contribution in [0.1, 0.15) is 32.8 Å². The Morgan fingerprint density at radius 3 is 2.44 bits per heavy atom. The third kappa shape index (κ3) is 4.80. The normalized spacial score (nSPS) is 17.3. The summed E-state index contributed by atoms with van der Waals surface area (Å²) < 4.78 is 5.61. The Labute approximate surface area is 164 Å². The molecule has 0 N–H and O–H groups in total. The number of amides is 1. The van der Waals surface area contributed by atoms with E-state index >= 15 is 0 Å². The molecule has 2 aromatic rings. The molecule has 0 aromatic heterocycles. The highest BCUT2D eigenvalue weighted by Gasteiger charge is 2.35. The van der Waals surface area contributed by atoms with E-state index in [1.54, 1.807) is 4.90 Å². The van der Waals surface area contributed by atoms with Gasteiger partial charge in [0, 0.05) is 6.04 Å². The molecule has 3 rings (SSSR count). The molecular weight excluding hydrogens is 356 g/mol. The highest BCUT2D eigenvalue weighted by atomic mass is 32.2. The average molecular weight is 381 g/mol. The number of aliphatic imine (C=N–C) groups is 1. The van der Waals surface area contributed by atoms with Gasteiger partial charge in [0.05, 0.1) is 17.2 Å². The molecule has 1 fully saturated rings. The highest BCUT2D eigenvalue weighted by Crippen LogP contribution is 2.35. The van der Waals surface area contributed by atoms with Gasteiger partial charge in [-0.3, -0.25) is 9.69 Å². The van der Waals surface area contributed by atoms with Gasteiger partial charge in [0.2, 0.25) is 0 Å². The fourth-order valence-corrected chi connectivity index (χ4v) is 3.79. The third-order valence-corrected chi connectivity index (χ3v) is 4.97. The third-order valence-electron chi connectivity index (χ3n) is 3.98. The zero-order valence-electron chi connectivity index (χ0n) is 15.9. The quantitative estimate of drug-likeness (QED) is 0.623. The summed E-state index contributed by atoms with van der Waals surface area (Å²) in [5, 5.41) is 0.718. The van der Waals surface area contributed by atoms with E-state index in [4.69, 9.17) is 4.74 Å². The molecule has 1 saturated heterocycles. The number of hydrogen-bond acceptors (Lipinski definition) is 4. The van der Waals surface area contributed by atoms with Gasteiger partial charge < -0.3 is 4.74 Å². The number of nitrogens with zero attached hydrogens (tertiary/aromatic N) is 2. The van der Waals surface area contributed by atoms with Crippen LogP contribution in [-0.2, 0) is 4.79 Å². The van der Waals surface area contributed by atoms with Crippen LogP contribution in [0.3, 0.4) is 0 Å². The lowest BCUT2D eigenvalue weighted by molar-refractivity contribution is -0.123. The van der Waals surface area contributed by atoms with Crippen molar-refractivity contribution in [2.45, 2.75) is 33.2 Å². The van der Waals surface area contributed by atoms with Gasteiger partial charge in [-0.1, -0.05) is 37.3 Å². The summed E-state index contributed by atoms with van der Waals surface area (Å²) in [6.45, 7) is 6.79. The lowest BCUT2D eigenvalue weighted by Gasteiger charge is -2.19. The van der Waals surface area contributed by atoms with Gasteiger partial charge in [-0.15, -0.1) is 0 Å². The number of hydrogen-bond donors (Lipinski definition) is 0. The van der Waals surface area contributed by atoms with Crippen LogP contribution in [0.4, 0.5) is 5.69 Å². The topological polar surface area (TPSA) is 41.9 Å². The first-order valence-corrected chi connectivity index (χ1v) is 10.00. The van der Waals surface area contributed by atoms with Crippen LogP contribution in [0.2, 0.25) is 0 Å². The zero-order chi connectivity index (χ0) is 19.2. The molecule has 0 saturated carbocycles. The van der Waals surface area contributed by atoms with Crippen molar-refractivity contribution >= 4 is 34.6 Å². The van der Waals surface area contributed by atoms with Gasteiger partial charge in [0.1, 0.15) is 5.75 Å². The molecule has 5 heteroatoms. The summed E-state index contributed by atoms with van der Waals surface area (Å²) >= 11 is 1.42. The van der Waals surface area contributed by atoms with Crippen molar-refractivity contribution in [2.75, 3.05) is 6.61 Å². The summed E-state index contributed by atoms with van der Waals surface area (Å²) in [5.41, 5.74) is 1.82. The van der Waals surface area contributed by atoms with E-state index in [2.05, 4.69) is 11.9 Å². The average Bonchev–Trinajstić information content (AvgIpc) is 2.97. The Bertz CT molecular complexity index is 842. The highest BCUT2D eigenvalue weighted by molar-refractivity contribution is 8.18. The molecule has 1 aliphatic rings. The van der Waals surface area contributed by atoms with Crippen molar-refractivity contribution in [3.8, 4) is 5.75 Å². The van der Waals surface area contributed by atoms with Crippen LogP contribution in [0.5, 0.6) is 5.75 Å². The number of ether oxygens (including phenoxy) is 1. The maximum atomic E-state index is 12.9. The number of carbonyl (C=O) groups is 1. The Kier molecular flexibility index (Phi) is 6.35. The van der Waals surface area contributed by atoms with Gasteiger partial charge in [0.25, 0.3) is 5.91 Å². The molecule has 0 spiro atoms. The smallest absolute Gasteiger partial charge is 0.266 e. The molecule has 140 valence electrons. The summed E-state index contributed by atoms with van der Waals surface area (Å²) in [6, 6.07) is 17.6. The first-order valence-electron chi connectivity index (χ1n) is 9.18. The predicted molar refractivity (Wildman–Crippen MR) is 113 cm³/mol. The summed E-state index contributed by atoms with van der Waals surface area (Å²) in [4.78, 5) is 20.0. The van der Waals surface area contributed by atoms with Crippen molar-refractivity contribution in [1.29, 1.82) is 0 Å². The van der Waals surface area contributed by atoms with Crippen molar-refractivity contribution < 1.29 is 9.53 Å². The van der Waals surface area contributed by atoms with E-state index < -0.39 is 0 Å². The lowest BCUT2D eigenvalue weighted by atomic mass is 10.2. The van der Waals surface area contributed by atoms with Crippen LogP contribution in [0, 0.1) is 0 Å². The molecule has 0 unspecified atom stereocenters. The van der Waals surface area contributed by atoms with E-state index in [-0.39, 0.29) is 11.9 Å². The fourth-order valence-electron chi connectivity index (χ4n) is 2.66. The minimum Gasteiger partial charge on any atom is -0.494 e. The molecule has 0 radical (unpaired) electrons. The van der Waals surface area contributed by atoms with E-state index in [1.807, 2.05) is 74.5 Å². The monoisotopic (exact) mass is 380 g/mol. The molecule has 1 amide bonds. The number of rotatable bonds is 6. The molecule has 0 bridgehead atoms. The van der Waals surface area contributed by atoms with Crippen LogP contribution < -0.4 is 4.74 Å². The van der Waals surface area contributed by atoms with Gasteiger partial charge >= 0.3 is 0 Å².